The molecular weight excluding hydrogens is 700 g/mol. The molecule has 0 bridgehead atoms. The van der Waals surface area contributed by atoms with Gasteiger partial charge in [-0.3, -0.25) is 14.4 Å². The second kappa shape index (κ2) is 22.1. The van der Waals surface area contributed by atoms with E-state index in [4.69, 9.17) is 35.3 Å². The number of carbonyl (C=O) groups is 4. The molecule has 12 heteroatoms. The lowest BCUT2D eigenvalue weighted by Gasteiger charge is -2.27. The predicted octanol–water partition coefficient (Wildman–Crippen LogP) is 6.01. The number of rotatable bonds is 16. The van der Waals surface area contributed by atoms with Crippen LogP contribution in [0.3, 0.4) is 0 Å². The first-order chi connectivity index (χ1) is 25.4. The van der Waals surface area contributed by atoms with Crippen LogP contribution in [-0.4, -0.2) is 81.1 Å². The fraction of sp³-hybridized carbons (Fsp3) is 0.512. The molecule has 11 nitrogen and oxygen atoms in total. The van der Waals surface area contributed by atoms with Crippen LogP contribution in [0.1, 0.15) is 58.9 Å². The van der Waals surface area contributed by atoms with Crippen LogP contribution in [0.4, 0.5) is 0 Å². The maximum Gasteiger partial charge on any atom is 0.347 e. The summed E-state index contributed by atoms with van der Waals surface area (Å²) in [5.74, 6) is -2.99. The summed E-state index contributed by atoms with van der Waals surface area (Å²) in [4.78, 5) is 54.6. The molecule has 7 atom stereocenters. The first kappa shape index (κ1) is 43.2. The van der Waals surface area contributed by atoms with Crippen LogP contribution in [-0.2, 0) is 44.5 Å². The van der Waals surface area contributed by atoms with Crippen LogP contribution >= 0.6 is 11.6 Å². The van der Waals surface area contributed by atoms with Gasteiger partial charge in [-0.05, 0) is 61.4 Å². The fourth-order valence-corrected chi connectivity index (χ4v) is 6.33. The Morgan fingerprint density at radius 1 is 1.11 bits per heavy atom. The molecule has 2 aliphatic rings. The van der Waals surface area contributed by atoms with Crippen molar-refractivity contribution in [3.8, 4) is 5.75 Å². The van der Waals surface area contributed by atoms with Crippen molar-refractivity contribution in [3.05, 3.63) is 90.0 Å². The highest BCUT2D eigenvalue weighted by atomic mass is 35.5. The molecule has 0 unspecified atom stereocenters. The molecule has 1 fully saturated rings. The number of hydrogen-bond donors (Lipinski definition) is 2. The average molecular weight is 755 g/mol. The first-order valence-corrected chi connectivity index (χ1v) is 18.6. The van der Waals surface area contributed by atoms with Crippen molar-refractivity contribution < 1.29 is 42.9 Å². The highest BCUT2D eigenvalue weighted by Gasteiger charge is 2.48. The quantitative estimate of drug-likeness (QED) is 0.0682. The number of methoxy groups -OCH3 is 1. The summed E-state index contributed by atoms with van der Waals surface area (Å²) in [6.07, 6.45) is 10.9. The molecule has 2 aliphatic heterocycles. The van der Waals surface area contributed by atoms with E-state index in [0.29, 0.717) is 42.4 Å². The Morgan fingerprint density at radius 2 is 1.89 bits per heavy atom. The molecule has 290 valence electrons. The van der Waals surface area contributed by atoms with E-state index in [1.807, 2.05) is 45.9 Å². The lowest BCUT2D eigenvalue weighted by molar-refractivity contribution is -0.176. The van der Waals surface area contributed by atoms with Gasteiger partial charge in [-0.1, -0.05) is 81.5 Å². The van der Waals surface area contributed by atoms with E-state index in [-0.39, 0.29) is 49.9 Å². The Balaban J connectivity index is 1.96. The van der Waals surface area contributed by atoms with Crippen molar-refractivity contribution in [1.29, 1.82) is 0 Å². The molecule has 0 saturated carbocycles. The highest BCUT2D eigenvalue weighted by Crippen LogP contribution is 2.38. The van der Waals surface area contributed by atoms with Gasteiger partial charge in [0, 0.05) is 31.9 Å². The normalized spacial score (nSPS) is 25.9. The molecule has 1 aromatic rings. The molecule has 1 aromatic carbocycles. The van der Waals surface area contributed by atoms with Crippen molar-refractivity contribution in [1.82, 2.24) is 10.6 Å². The molecule has 2 N–H and O–H groups in total. The van der Waals surface area contributed by atoms with Gasteiger partial charge < -0.3 is 34.3 Å². The summed E-state index contributed by atoms with van der Waals surface area (Å²) in [5.41, 5.74) is 1.65. The maximum atomic E-state index is 13.8. The standard InChI is InChI=1S/C41H55ClN2O9/c1-8-11-14-29(10-3)38-37(53-38)27(6)33-16-12-17-36(45)44-32(24-28-18-19-34(49-7)31(42)23-28)39(46)43-25-30(15-13-21-50-20-9-2)40(47)52-35(22-26(4)5)41(48)51-33/h8-12,14,17-19,23,26-27,30,32-33,35,37-38H,1-2,13,15-16,20-22,24-25H2,3-7H3,(H,43,46)(H,44,45)/b14-11-,17-12+,29-10+/t27-,30-,32+,33-,35-,37+,38-/m0/s1. The summed E-state index contributed by atoms with van der Waals surface area (Å²) in [6.45, 7) is 15.7. The van der Waals surface area contributed by atoms with Gasteiger partial charge in [0.15, 0.2) is 6.10 Å². The van der Waals surface area contributed by atoms with E-state index >= 15 is 0 Å². The molecule has 0 radical (unpaired) electrons. The van der Waals surface area contributed by atoms with Gasteiger partial charge in [-0.2, -0.15) is 0 Å². The van der Waals surface area contributed by atoms with Crippen molar-refractivity contribution in [2.45, 2.75) is 90.3 Å². The second-order valence-corrected chi connectivity index (χ2v) is 14.0. The molecule has 1 saturated heterocycles. The molecule has 0 aromatic heterocycles. The topological polar surface area (TPSA) is 142 Å². The summed E-state index contributed by atoms with van der Waals surface area (Å²) < 4.78 is 28.8. The number of halogens is 1. The smallest absolute Gasteiger partial charge is 0.347 e. The number of cyclic esters (lactones) is 2. The molecule has 0 aliphatic carbocycles. The van der Waals surface area contributed by atoms with Crippen LogP contribution < -0.4 is 15.4 Å². The van der Waals surface area contributed by atoms with E-state index in [0.717, 1.165) is 5.57 Å². The van der Waals surface area contributed by atoms with Gasteiger partial charge >= 0.3 is 11.9 Å². The number of carbonyl (C=O) groups excluding carboxylic acids is 4. The minimum Gasteiger partial charge on any atom is -0.495 e. The zero-order valence-corrected chi connectivity index (χ0v) is 32.3. The SMILES string of the molecule is C=C/C=C\C(=C/C)[C@@H]1O[C@@H]1[C@@H](C)[C@@H]1C/C=C/C(=O)N[C@H](Cc2ccc(OC)c(Cl)c2)C(=O)NC[C@H](CCCOCC=C)C(=O)O[C@@H](CC(C)C)C(=O)O1. The van der Waals surface area contributed by atoms with E-state index in [9.17, 15) is 19.2 Å². The maximum absolute atomic E-state index is 13.8. The number of benzene rings is 1. The van der Waals surface area contributed by atoms with Crippen LogP contribution in [0.25, 0.3) is 0 Å². The molecule has 2 amide bonds. The number of amides is 2. The Morgan fingerprint density at radius 3 is 2.55 bits per heavy atom. The number of epoxide rings is 1. The van der Waals surface area contributed by atoms with Crippen molar-refractivity contribution in [2.75, 3.05) is 26.9 Å². The number of esters is 2. The van der Waals surface area contributed by atoms with Crippen LogP contribution in [0.5, 0.6) is 5.75 Å². The summed E-state index contributed by atoms with van der Waals surface area (Å²) in [6, 6.07) is 4.11. The third-order valence-corrected chi connectivity index (χ3v) is 9.35. The summed E-state index contributed by atoms with van der Waals surface area (Å²) >= 11 is 6.37. The van der Waals surface area contributed by atoms with Crippen LogP contribution in [0.15, 0.2) is 79.5 Å². The van der Waals surface area contributed by atoms with Crippen molar-refractivity contribution in [3.63, 3.8) is 0 Å². The number of ether oxygens (including phenoxy) is 5. The summed E-state index contributed by atoms with van der Waals surface area (Å²) in [5, 5.41) is 5.97. The third-order valence-electron chi connectivity index (χ3n) is 9.05. The second-order valence-electron chi connectivity index (χ2n) is 13.6. The fourth-order valence-electron chi connectivity index (χ4n) is 6.05. The molecule has 3 rings (SSSR count). The first-order valence-electron chi connectivity index (χ1n) is 18.2. The van der Waals surface area contributed by atoms with E-state index in [1.54, 1.807) is 36.4 Å². The predicted molar refractivity (Wildman–Crippen MR) is 204 cm³/mol. The minimum absolute atomic E-state index is 0.00636. The number of nitrogens with one attached hydrogen (secondary N) is 2. The van der Waals surface area contributed by atoms with Crippen LogP contribution in [0.2, 0.25) is 5.02 Å². The highest BCUT2D eigenvalue weighted by molar-refractivity contribution is 6.32. The number of allylic oxidation sites excluding steroid dienone is 3. The molecular formula is C41H55ClN2O9. The Bertz CT molecular complexity index is 1520. The minimum atomic E-state index is -1.18. The third kappa shape index (κ3) is 13.9. The average Bonchev–Trinajstić information content (AvgIpc) is 3.92. The molecule has 53 heavy (non-hydrogen) atoms. The van der Waals surface area contributed by atoms with Crippen molar-refractivity contribution >= 4 is 35.4 Å². The van der Waals surface area contributed by atoms with Gasteiger partial charge in [-0.15, -0.1) is 6.58 Å². The van der Waals surface area contributed by atoms with Gasteiger partial charge in [0.1, 0.15) is 24.0 Å². The van der Waals surface area contributed by atoms with Gasteiger partial charge in [0.2, 0.25) is 11.8 Å². The summed E-state index contributed by atoms with van der Waals surface area (Å²) in [7, 11) is 1.50. The van der Waals surface area contributed by atoms with E-state index in [2.05, 4.69) is 23.8 Å². The Labute approximate surface area is 318 Å². The van der Waals surface area contributed by atoms with E-state index in [1.165, 1.54) is 13.2 Å². The molecule has 0 spiro atoms. The monoisotopic (exact) mass is 754 g/mol. The number of hydrogen-bond acceptors (Lipinski definition) is 9. The van der Waals surface area contributed by atoms with Gasteiger partial charge in [-0.25, -0.2) is 4.79 Å². The zero-order valence-electron chi connectivity index (χ0n) is 31.5. The largest absolute Gasteiger partial charge is 0.495 e. The van der Waals surface area contributed by atoms with Gasteiger partial charge in [0.25, 0.3) is 0 Å². The van der Waals surface area contributed by atoms with Crippen molar-refractivity contribution in [2.24, 2.45) is 17.8 Å². The Hall–Kier alpha value is -4.19. The molecule has 2 heterocycles. The van der Waals surface area contributed by atoms with E-state index < -0.39 is 47.9 Å². The Kier molecular flexibility index (Phi) is 18.0. The lowest BCUT2D eigenvalue weighted by atomic mass is 9.93. The lowest BCUT2D eigenvalue weighted by Crippen LogP contribution is -2.49. The van der Waals surface area contributed by atoms with Gasteiger partial charge in [0.05, 0.1) is 30.8 Å². The van der Waals surface area contributed by atoms with Crippen LogP contribution in [0, 0.1) is 17.8 Å². The zero-order chi connectivity index (χ0) is 38.9.